The third-order valence-electron chi connectivity index (χ3n) is 1.52. The molecule has 0 aromatic carbocycles. The minimum Gasteiger partial charge on any atom is -0.480 e. The Kier molecular flexibility index (Phi) is 4.10. The molecule has 0 aliphatic rings. The lowest BCUT2D eigenvalue weighted by atomic mass is 10.3. The van der Waals surface area contributed by atoms with Crippen LogP contribution in [0.4, 0.5) is 0 Å². The maximum Gasteiger partial charge on any atom is 0.233 e. The summed E-state index contributed by atoms with van der Waals surface area (Å²) < 4.78 is 5.99. The predicted octanol–water partition coefficient (Wildman–Crippen LogP) is 2.32. The summed E-state index contributed by atoms with van der Waals surface area (Å²) in [6, 6.07) is 0. The Balaban J connectivity index is 3.17. The molecule has 80 valence electrons. The second-order valence-electron chi connectivity index (χ2n) is 4.05. The van der Waals surface area contributed by atoms with Crippen LogP contribution in [0, 0.1) is 15.2 Å². The van der Waals surface area contributed by atoms with E-state index in [-0.39, 0.29) is 0 Å². The van der Waals surface area contributed by atoms with Crippen LogP contribution in [-0.2, 0) is 0 Å². The van der Waals surface area contributed by atoms with Gasteiger partial charge in [0.25, 0.3) is 0 Å². The maximum absolute atomic E-state index is 5.15. The Morgan fingerprint density at radius 1 is 1.33 bits per heavy atom. The van der Waals surface area contributed by atoms with Gasteiger partial charge in [0, 0.05) is 0 Å². The van der Waals surface area contributed by atoms with E-state index >= 15 is 0 Å². The molecule has 0 spiro atoms. The number of rotatable bonds is 1. The van der Waals surface area contributed by atoms with Gasteiger partial charge in [0.2, 0.25) is 5.88 Å². The van der Waals surface area contributed by atoms with E-state index in [9.17, 15) is 0 Å². The van der Waals surface area contributed by atoms with Crippen LogP contribution >= 0.6 is 22.6 Å². The van der Waals surface area contributed by atoms with Gasteiger partial charge >= 0.3 is 0 Å². The molecule has 0 amide bonds. The molecule has 5 heteroatoms. The average molecular weight is 332 g/mol. The number of hydrogen-bond acceptors (Lipinski definition) is 3. The van der Waals surface area contributed by atoms with Crippen molar-refractivity contribution in [1.82, 2.24) is 9.97 Å². The summed E-state index contributed by atoms with van der Waals surface area (Å²) in [5, 5.41) is 0. The van der Waals surface area contributed by atoms with Gasteiger partial charge in [0.05, 0.1) is 7.11 Å². The third-order valence-corrected chi connectivity index (χ3v) is 3.21. The summed E-state index contributed by atoms with van der Waals surface area (Å²) in [6.07, 6.45) is 1.49. The highest BCUT2D eigenvalue weighted by Gasteiger charge is 2.10. The Morgan fingerprint density at radius 2 is 2.00 bits per heavy atom. The molecule has 0 fully saturated rings. The van der Waals surface area contributed by atoms with Crippen molar-refractivity contribution in [2.45, 2.75) is 19.6 Å². The van der Waals surface area contributed by atoms with E-state index in [0.29, 0.717) is 5.88 Å². The highest BCUT2D eigenvalue weighted by molar-refractivity contribution is 14.1. The van der Waals surface area contributed by atoms with Crippen LogP contribution in [0.25, 0.3) is 0 Å². The molecular formula is C10H13IN2OSi. The number of nitrogens with zero attached hydrogens (tertiary/aromatic N) is 2. The molecule has 0 saturated carbocycles. The lowest BCUT2D eigenvalue weighted by Gasteiger charge is -2.05. The van der Waals surface area contributed by atoms with Gasteiger partial charge < -0.3 is 4.74 Å². The molecule has 1 aromatic rings. The summed E-state index contributed by atoms with van der Waals surface area (Å²) in [5.41, 5.74) is 4.07. The first kappa shape index (κ1) is 12.5. The van der Waals surface area contributed by atoms with Crippen LogP contribution in [0.1, 0.15) is 5.56 Å². The van der Waals surface area contributed by atoms with Crippen molar-refractivity contribution in [3.8, 4) is 17.3 Å². The van der Waals surface area contributed by atoms with E-state index < -0.39 is 8.07 Å². The third kappa shape index (κ3) is 3.79. The normalized spacial score (nSPS) is 10.5. The quantitative estimate of drug-likeness (QED) is 0.343. The summed E-state index contributed by atoms with van der Waals surface area (Å²) in [4.78, 5) is 8.13. The van der Waals surface area contributed by atoms with Gasteiger partial charge in [0.15, 0.2) is 0 Å². The summed E-state index contributed by atoms with van der Waals surface area (Å²) in [6.45, 7) is 6.59. The van der Waals surface area contributed by atoms with Gasteiger partial charge in [0.1, 0.15) is 23.7 Å². The molecule has 0 aliphatic carbocycles. The van der Waals surface area contributed by atoms with Gasteiger partial charge in [-0.1, -0.05) is 25.6 Å². The van der Waals surface area contributed by atoms with Crippen LogP contribution in [0.3, 0.4) is 0 Å². The standard InChI is InChI=1S/C10H13IN2OSi/c1-14-10-8(5-6-15(2,3)4)9(11)12-7-13-10/h7H,1-4H3. The van der Waals surface area contributed by atoms with Crippen molar-refractivity contribution >= 4 is 30.7 Å². The van der Waals surface area contributed by atoms with E-state index in [2.05, 4.69) is 63.7 Å². The van der Waals surface area contributed by atoms with Gasteiger partial charge in [-0.05, 0) is 22.6 Å². The first-order valence-electron chi connectivity index (χ1n) is 4.51. The van der Waals surface area contributed by atoms with Crippen LogP contribution in [-0.4, -0.2) is 25.2 Å². The molecule has 0 radical (unpaired) electrons. The summed E-state index contributed by atoms with van der Waals surface area (Å²) >= 11 is 2.14. The molecule has 0 N–H and O–H groups in total. The van der Waals surface area contributed by atoms with E-state index in [1.54, 1.807) is 7.11 Å². The molecule has 0 bridgehead atoms. The van der Waals surface area contributed by atoms with Gasteiger partial charge in [-0.2, -0.15) is 0 Å². The second kappa shape index (κ2) is 4.94. The van der Waals surface area contributed by atoms with Crippen molar-refractivity contribution in [3.05, 3.63) is 15.6 Å². The zero-order chi connectivity index (χ0) is 11.5. The van der Waals surface area contributed by atoms with E-state index in [1.807, 2.05) is 0 Å². The number of hydrogen-bond donors (Lipinski definition) is 0. The number of halogens is 1. The second-order valence-corrected chi connectivity index (χ2v) is 9.82. The molecular weight excluding hydrogens is 319 g/mol. The Bertz CT molecular complexity index is 418. The van der Waals surface area contributed by atoms with Crippen LogP contribution < -0.4 is 4.74 Å². The minimum absolute atomic E-state index is 0.556. The van der Waals surface area contributed by atoms with Crippen LogP contribution in [0.5, 0.6) is 5.88 Å². The van der Waals surface area contributed by atoms with Gasteiger partial charge in [-0.15, -0.1) is 5.54 Å². The topological polar surface area (TPSA) is 35.0 Å². The summed E-state index contributed by atoms with van der Waals surface area (Å²) in [7, 11) is 0.221. The largest absolute Gasteiger partial charge is 0.480 e. The van der Waals surface area contributed by atoms with Crippen molar-refractivity contribution < 1.29 is 4.74 Å². The summed E-state index contributed by atoms with van der Waals surface area (Å²) in [5.74, 6) is 3.68. The van der Waals surface area contributed by atoms with Crippen molar-refractivity contribution in [2.24, 2.45) is 0 Å². The van der Waals surface area contributed by atoms with Gasteiger partial charge in [-0.3, -0.25) is 0 Å². The van der Waals surface area contributed by atoms with Crippen LogP contribution in [0.15, 0.2) is 6.33 Å². The minimum atomic E-state index is -1.37. The number of ether oxygens (including phenoxy) is 1. The monoisotopic (exact) mass is 332 g/mol. The van der Waals surface area contributed by atoms with Crippen molar-refractivity contribution in [3.63, 3.8) is 0 Å². The SMILES string of the molecule is COc1ncnc(I)c1C#C[Si](C)(C)C. The predicted molar refractivity (Wildman–Crippen MR) is 71.5 cm³/mol. The lowest BCUT2D eigenvalue weighted by Crippen LogP contribution is -2.16. The molecule has 0 aliphatic heterocycles. The molecule has 1 heterocycles. The molecule has 0 unspecified atom stereocenters. The smallest absolute Gasteiger partial charge is 0.233 e. The van der Waals surface area contributed by atoms with E-state index in [4.69, 9.17) is 4.74 Å². The fourth-order valence-electron chi connectivity index (χ4n) is 0.859. The first-order valence-corrected chi connectivity index (χ1v) is 9.09. The Hall–Kier alpha value is -0.613. The van der Waals surface area contributed by atoms with Gasteiger partial charge in [-0.25, -0.2) is 9.97 Å². The first-order chi connectivity index (χ1) is 6.94. The highest BCUT2D eigenvalue weighted by Crippen LogP contribution is 2.17. The number of aromatic nitrogens is 2. The fraction of sp³-hybridized carbons (Fsp3) is 0.400. The Morgan fingerprint density at radius 3 is 2.53 bits per heavy atom. The average Bonchev–Trinajstić information content (AvgIpc) is 2.14. The highest BCUT2D eigenvalue weighted by atomic mass is 127. The number of methoxy groups -OCH3 is 1. The zero-order valence-corrected chi connectivity index (χ0v) is 12.4. The lowest BCUT2D eigenvalue weighted by molar-refractivity contribution is 0.395. The van der Waals surface area contributed by atoms with Crippen molar-refractivity contribution in [1.29, 1.82) is 0 Å². The Labute approximate surface area is 105 Å². The molecule has 0 atom stereocenters. The maximum atomic E-state index is 5.15. The molecule has 15 heavy (non-hydrogen) atoms. The molecule has 3 nitrogen and oxygen atoms in total. The fourth-order valence-corrected chi connectivity index (χ4v) is 1.85. The van der Waals surface area contributed by atoms with Crippen LogP contribution in [0.2, 0.25) is 19.6 Å². The van der Waals surface area contributed by atoms with E-state index in [0.717, 1.165) is 9.26 Å². The molecule has 0 saturated heterocycles. The van der Waals surface area contributed by atoms with Crippen molar-refractivity contribution in [2.75, 3.05) is 7.11 Å². The zero-order valence-electron chi connectivity index (χ0n) is 9.26. The molecule has 1 aromatic heterocycles. The molecule has 1 rings (SSSR count). The van der Waals surface area contributed by atoms with E-state index in [1.165, 1.54) is 6.33 Å².